The van der Waals surface area contributed by atoms with Crippen molar-refractivity contribution in [3.8, 4) is 5.82 Å². The van der Waals surface area contributed by atoms with Crippen LogP contribution in [0, 0.1) is 0 Å². The van der Waals surface area contributed by atoms with Crippen molar-refractivity contribution in [3.63, 3.8) is 0 Å². The van der Waals surface area contributed by atoms with Gasteiger partial charge in [-0.05, 0) is 13.0 Å². The zero-order chi connectivity index (χ0) is 13.2. The van der Waals surface area contributed by atoms with Crippen molar-refractivity contribution < 1.29 is 0 Å². The topological polar surface area (TPSA) is 81.7 Å². The minimum absolute atomic E-state index is 0.230. The van der Waals surface area contributed by atoms with Crippen LogP contribution < -0.4 is 11.1 Å². The molecule has 6 heteroatoms. The van der Waals surface area contributed by atoms with E-state index in [2.05, 4.69) is 20.4 Å². The minimum Gasteiger partial charge on any atom is -0.370 e. The summed E-state index contributed by atoms with van der Waals surface area (Å²) in [6.45, 7) is 2.77. The summed E-state index contributed by atoms with van der Waals surface area (Å²) in [6.07, 6.45) is 1.81. The summed E-state index contributed by atoms with van der Waals surface area (Å²) >= 11 is 0. The predicted octanol–water partition coefficient (Wildman–Crippen LogP) is 1.83. The molecule has 0 aliphatic carbocycles. The fraction of sp³-hybridized carbons (Fsp3) is 0.154. The Labute approximate surface area is 110 Å². The first-order valence-corrected chi connectivity index (χ1v) is 6.09. The number of rotatable bonds is 3. The van der Waals surface area contributed by atoms with Gasteiger partial charge in [-0.25, -0.2) is 4.68 Å². The van der Waals surface area contributed by atoms with Gasteiger partial charge in [-0.15, -0.1) is 0 Å². The van der Waals surface area contributed by atoms with Crippen LogP contribution in [-0.2, 0) is 0 Å². The third kappa shape index (κ3) is 2.08. The molecule has 6 nitrogen and oxygen atoms in total. The first-order valence-electron chi connectivity index (χ1n) is 6.09. The van der Waals surface area contributed by atoms with Crippen molar-refractivity contribution in [1.82, 2.24) is 19.7 Å². The van der Waals surface area contributed by atoms with Crippen LogP contribution in [0.1, 0.15) is 6.92 Å². The molecule has 0 radical (unpaired) electrons. The molecule has 0 aliphatic rings. The molecule has 3 aromatic rings. The standard InChI is InChI=1S/C13H14N6/c1-2-15-11-7-12(18-13(14)17-11)19-10-6-4-3-5-9(10)8-16-19/h3-8H,2H2,1H3,(H3,14,15,17,18). The maximum Gasteiger partial charge on any atom is 0.224 e. The average molecular weight is 254 g/mol. The first-order chi connectivity index (χ1) is 9.28. The van der Waals surface area contributed by atoms with E-state index in [1.165, 1.54) is 0 Å². The fourth-order valence-corrected chi connectivity index (χ4v) is 1.99. The van der Waals surface area contributed by atoms with Gasteiger partial charge in [0.2, 0.25) is 5.95 Å². The van der Waals surface area contributed by atoms with Crippen molar-refractivity contribution in [2.24, 2.45) is 0 Å². The number of hydrogen-bond donors (Lipinski definition) is 2. The molecular weight excluding hydrogens is 240 g/mol. The number of benzene rings is 1. The number of fused-ring (bicyclic) bond motifs is 1. The molecule has 0 aliphatic heterocycles. The maximum absolute atomic E-state index is 5.74. The van der Waals surface area contributed by atoms with Gasteiger partial charge < -0.3 is 11.1 Å². The van der Waals surface area contributed by atoms with E-state index >= 15 is 0 Å². The first kappa shape index (κ1) is 11.5. The molecule has 2 heterocycles. The molecule has 0 unspecified atom stereocenters. The van der Waals surface area contributed by atoms with Crippen molar-refractivity contribution >= 4 is 22.7 Å². The van der Waals surface area contributed by atoms with E-state index in [1.807, 2.05) is 37.3 Å². The normalized spacial score (nSPS) is 10.8. The second-order valence-corrected chi connectivity index (χ2v) is 4.12. The highest BCUT2D eigenvalue weighted by Crippen LogP contribution is 2.18. The smallest absolute Gasteiger partial charge is 0.224 e. The number of aromatic nitrogens is 4. The van der Waals surface area contributed by atoms with Gasteiger partial charge >= 0.3 is 0 Å². The largest absolute Gasteiger partial charge is 0.370 e. The molecule has 19 heavy (non-hydrogen) atoms. The summed E-state index contributed by atoms with van der Waals surface area (Å²) in [6, 6.07) is 9.78. The molecule has 0 fully saturated rings. The molecule has 2 aromatic heterocycles. The lowest BCUT2D eigenvalue weighted by atomic mass is 10.2. The Kier molecular flexibility index (Phi) is 2.75. The molecule has 0 bridgehead atoms. The summed E-state index contributed by atoms with van der Waals surface area (Å²) in [5.41, 5.74) is 6.73. The lowest BCUT2D eigenvalue weighted by Gasteiger charge is -2.07. The van der Waals surface area contributed by atoms with E-state index in [4.69, 9.17) is 5.73 Å². The number of nitrogens with zero attached hydrogens (tertiary/aromatic N) is 4. The monoisotopic (exact) mass is 254 g/mol. The number of anilines is 2. The van der Waals surface area contributed by atoms with E-state index in [-0.39, 0.29) is 5.95 Å². The summed E-state index contributed by atoms with van der Waals surface area (Å²) in [4.78, 5) is 8.36. The Morgan fingerprint density at radius 3 is 2.95 bits per heavy atom. The molecule has 0 amide bonds. The van der Waals surface area contributed by atoms with Crippen LogP contribution in [-0.4, -0.2) is 26.3 Å². The predicted molar refractivity (Wildman–Crippen MR) is 75.2 cm³/mol. The zero-order valence-corrected chi connectivity index (χ0v) is 10.5. The third-order valence-electron chi connectivity index (χ3n) is 2.78. The summed E-state index contributed by atoms with van der Waals surface area (Å²) in [7, 11) is 0. The molecule has 1 aromatic carbocycles. The number of nitrogen functional groups attached to an aromatic ring is 1. The van der Waals surface area contributed by atoms with E-state index in [0.29, 0.717) is 11.6 Å². The number of nitrogens with one attached hydrogen (secondary N) is 1. The van der Waals surface area contributed by atoms with Crippen molar-refractivity contribution in [2.75, 3.05) is 17.6 Å². The Balaban J connectivity index is 2.15. The van der Waals surface area contributed by atoms with E-state index in [0.717, 1.165) is 17.4 Å². The molecule has 0 saturated heterocycles. The van der Waals surface area contributed by atoms with Gasteiger partial charge in [0, 0.05) is 18.0 Å². The third-order valence-corrected chi connectivity index (χ3v) is 2.78. The molecule has 0 spiro atoms. The Hall–Kier alpha value is -2.63. The van der Waals surface area contributed by atoms with Gasteiger partial charge in [-0.3, -0.25) is 0 Å². The van der Waals surface area contributed by atoms with Gasteiger partial charge in [0.25, 0.3) is 0 Å². The highest BCUT2D eigenvalue weighted by Gasteiger charge is 2.08. The molecule has 0 saturated carbocycles. The zero-order valence-electron chi connectivity index (χ0n) is 10.5. The van der Waals surface area contributed by atoms with Gasteiger partial charge in [-0.2, -0.15) is 15.1 Å². The Bertz CT molecular complexity index is 718. The van der Waals surface area contributed by atoms with Gasteiger partial charge in [0.15, 0.2) is 5.82 Å². The average Bonchev–Trinajstić information content (AvgIpc) is 2.82. The number of para-hydroxylation sites is 1. The minimum atomic E-state index is 0.230. The maximum atomic E-state index is 5.74. The second-order valence-electron chi connectivity index (χ2n) is 4.12. The lowest BCUT2D eigenvalue weighted by molar-refractivity contribution is 0.869. The van der Waals surface area contributed by atoms with Crippen molar-refractivity contribution in [3.05, 3.63) is 36.5 Å². The summed E-state index contributed by atoms with van der Waals surface area (Å²) < 4.78 is 1.76. The van der Waals surface area contributed by atoms with Crippen LogP contribution in [0.25, 0.3) is 16.7 Å². The number of nitrogens with two attached hydrogens (primary N) is 1. The number of hydrogen-bond acceptors (Lipinski definition) is 5. The molecular formula is C13H14N6. The second kappa shape index (κ2) is 4.56. The molecule has 3 rings (SSSR count). The van der Waals surface area contributed by atoms with E-state index < -0.39 is 0 Å². The summed E-state index contributed by atoms with van der Waals surface area (Å²) in [5, 5.41) is 8.54. The highest BCUT2D eigenvalue weighted by molar-refractivity contribution is 5.79. The van der Waals surface area contributed by atoms with Crippen molar-refractivity contribution in [2.45, 2.75) is 6.92 Å². The Morgan fingerprint density at radius 1 is 1.26 bits per heavy atom. The van der Waals surface area contributed by atoms with Crippen LogP contribution in [0.15, 0.2) is 36.5 Å². The van der Waals surface area contributed by atoms with Crippen LogP contribution in [0.4, 0.5) is 11.8 Å². The lowest BCUT2D eigenvalue weighted by Crippen LogP contribution is -2.08. The fourth-order valence-electron chi connectivity index (χ4n) is 1.99. The molecule has 0 atom stereocenters. The van der Waals surface area contributed by atoms with Crippen molar-refractivity contribution in [1.29, 1.82) is 0 Å². The Morgan fingerprint density at radius 2 is 2.11 bits per heavy atom. The van der Waals surface area contributed by atoms with E-state index in [9.17, 15) is 0 Å². The van der Waals surface area contributed by atoms with E-state index in [1.54, 1.807) is 10.9 Å². The van der Waals surface area contributed by atoms with Gasteiger partial charge in [0.1, 0.15) is 5.82 Å². The van der Waals surface area contributed by atoms with Gasteiger partial charge in [0.05, 0.1) is 11.7 Å². The van der Waals surface area contributed by atoms with Crippen LogP contribution in [0.2, 0.25) is 0 Å². The quantitative estimate of drug-likeness (QED) is 0.745. The molecule has 96 valence electrons. The van der Waals surface area contributed by atoms with Crippen LogP contribution >= 0.6 is 0 Å². The highest BCUT2D eigenvalue weighted by atomic mass is 15.3. The molecule has 3 N–H and O–H groups in total. The van der Waals surface area contributed by atoms with Crippen LogP contribution in [0.3, 0.4) is 0 Å². The SMILES string of the molecule is CCNc1cc(-n2ncc3ccccc32)nc(N)n1. The van der Waals surface area contributed by atoms with Crippen LogP contribution in [0.5, 0.6) is 0 Å². The summed E-state index contributed by atoms with van der Waals surface area (Å²) in [5.74, 6) is 1.59. The van der Waals surface area contributed by atoms with Gasteiger partial charge in [-0.1, -0.05) is 18.2 Å².